The zero-order valence-corrected chi connectivity index (χ0v) is 40.2. The molecule has 5 heteroatoms. The molecule has 5 nitrogen and oxygen atoms in total. The summed E-state index contributed by atoms with van der Waals surface area (Å²) < 4.78 is 7.30. The van der Waals surface area contributed by atoms with Gasteiger partial charge in [-0.05, 0) is 117 Å². The van der Waals surface area contributed by atoms with Crippen LogP contribution in [0.5, 0.6) is 0 Å². The Labute approximate surface area is 384 Å². The van der Waals surface area contributed by atoms with Gasteiger partial charge >= 0.3 is 0 Å². The van der Waals surface area contributed by atoms with Gasteiger partial charge in [0.2, 0.25) is 0 Å². The molecule has 0 aliphatic carbocycles. The molecular formula is C60H61N5. The van der Waals surface area contributed by atoms with Crippen LogP contribution in [0, 0.1) is 0 Å². The third-order valence-corrected chi connectivity index (χ3v) is 13.2. The van der Waals surface area contributed by atoms with Crippen LogP contribution in [0.4, 0.5) is 0 Å². The van der Waals surface area contributed by atoms with E-state index in [0.29, 0.717) is 0 Å². The van der Waals surface area contributed by atoms with Crippen LogP contribution in [0.2, 0.25) is 0 Å². The third kappa shape index (κ3) is 7.08. The van der Waals surface area contributed by atoms with Gasteiger partial charge in [0.1, 0.15) is 11.6 Å². The van der Waals surface area contributed by atoms with Crippen molar-refractivity contribution in [3.8, 4) is 39.8 Å². The first-order valence-corrected chi connectivity index (χ1v) is 23.2. The number of para-hydroxylation sites is 7. The molecule has 65 heavy (non-hydrogen) atoms. The molecule has 326 valence electrons. The molecule has 0 bridgehead atoms. The number of imidazole rings is 2. The van der Waals surface area contributed by atoms with Gasteiger partial charge in [-0.25, -0.2) is 9.97 Å². The largest absolute Gasteiger partial charge is 0.309 e. The molecule has 0 spiro atoms. The van der Waals surface area contributed by atoms with Gasteiger partial charge in [-0.15, -0.1) is 0 Å². The average molecular weight is 852 g/mol. The Kier molecular flexibility index (Phi) is 9.70. The highest BCUT2D eigenvalue weighted by Gasteiger charge is 2.31. The maximum atomic E-state index is 5.49. The molecule has 0 amide bonds. The lowest BCUT2D eigenvalue weighted by Gasteiger charge is -2.31. The molecule has 3 aromatic heterocycles. The average Bonchev–Trinajstić information content (AvgIpc) is 3.94. The van der Waals surface area contributed by atoms with Crippen molar-refractivity contribution < 1.29 is 0 Å². The molecule has 0 saturated carbocycles. The van der Waals surface area contributed by atoms with Gasteiger partial charge in [0, 0.05) is 27.6 Å². The van der Waals surface area contributed by atoms with Crippen molar-refractivity contribution in [1.82, 2.24) is 23.7 Å². The normalized spacial score (nSPS) is 12.9. The van der Waals surface area contributed by atoms with Crippen LogP contribution in [-0.2, 0) is 21.7 Å². The van der Waals surface area contributed by atoms with Crippen molar-refractivity contribution in [3.63, 3.8) is 0 Å². The summed E-state index contributed by atoms with van der Waals surface area (Å²) in [6.07, 6.45) is 0. The summed E-state index contributed by atoms with van der Waals surface area (Å²) in [5.74, 6) is 1.87. The van der Waals surface area contributed by atoms with E-state index in [4.69, 9.17) is 9.97 Å². The van der Waals surface area contributed by atoms with Crippen LogP contribution in [-0.4, -0.2) is 23.7 Å². The Morgan fingerprint density at radius 1 is 0.323 bits per heavy atom. The highest BCUT2D eigenvalue weighted by Crippen LogP contribution is 2.44. The maximum absolute atomic E-state index is 5.49. The van der Waals surface area contributed by atoms with Gasteiger partial charge in [0.05, 0.1) is 44.5 Å². The highest BCUT2D eigenvalue weighted by atomic mass is 15.1. The molecule has 10 aromatic rings. The Morgan fingerprint density at radius 2 is 0.677 bits per heavy atom. The number of hydrogen-bond donors (Lipinski definition) is 0. The Hall–Kier alpha value is -6.72. The van der Waals surface area contributed by atoms with Crippen molar-refractivity contribution in [2.45, 2.75) is 105 Å². The van der Waals surface area contributed by atoms with Crippen LogP contribution in [0.1, 0.15) is 105 Å². The Morgan fingerprint density at radius 3 is 1.05 bits per heavy atom. The van der Waals surface area contributed by atoms with E-state index < -0.39 is 0 Å². The highest BCUT2D eigenvalue weighted by molar-refractivity contribution is 6.11. The van der Waals surface area contributed by atoms with Crippen molar-refractivity contribution in [2.24, 2.45) is 0 Å². The van der Waals surface area contributed by atoms with E-state index in [1.165, 1.54) is 33.6 Å². The lowest BCUT2D eigenvalue weighted by molar-refractivity contribution is 0.562. The lowest BCUT2D eigenvalue weighted by Crippen LogP contribution is -2.22. The van der Waals surface area contributed by atoms with Gasteiger partial charge < -0.3 is 4.57 Å². The minimum atomic E-state index is -0.111. The zero-order chi connectivity index (χ0) is 45.8. The second-order valence-corrected chi connectivity index (χ2v) is 22.1. The van der Waals surface area contributed by atoms with Gasteiger partial charge in [0.15, 0.2) is 0 Å². The molecule has 0 atom stereocenters. The van der Waals surface area contributed by atoms with Crippen LogP contribution in [0.3, 0.4) is 0 Å². The third-order valence-electron chi connectivity index (χ3n) is 13.2. The fourth-order valence-electron chi connectivity index (χ4n) is 10.0. The van der Waals surface area contributed by atoms with Gasteiger partial charge in [-0.2, -0.15) is 0 Å². The first-order chi connectivity index (χ1) is 30.8. The predicted molar refractivity (Wildman–Crippen MR) is 276 cm³/mol. The van der Waals surface area contributed by atoms with Crippen LogP contribution < -0.4 is 0 Å². The molecular weight excluding hydrogens is 791 g/mol. The molecule has 0 saturated heterocycles. The Bertz CT molecular complexity index is 3180. The second-order valence-electron chi connectivity index (χ2n) is 22.1. The molecule has 0 unspecified atom stereocenters. The quantitative estimate of drug-likeness (QED) is 0.173. The lowest BCUT2D eigenvalue weighted by atomic mass is 9.78. The van der Waals surface area contributed by atoms with E-state index in [0.717, 1.165) is 72.3 Å². The summed E-state index contributed by atoms with van der Waals surface area (Å²) in [7, 11) is 0. The summed E-state index contributed by atoms with van der Waals surface area (Å²) >= 11 is 0. The molecule has 0 N–H and O–H groups in total. The standard InChI is InChI=1S/C60H61N5/c1-57(2,3)43-24-20-25-44(58(4,5)6)53(43)64-51-30-18-16-28-47(51)61-55(64)38-32-34-49-41(36-38)42-37-39(33-35-50(42)63(49)40-22-14-13-15-23-40)56-62-48-29-17-19-31-52(48)65(56)54-45(59(7,8)9)26-21-27-46(54)60(10,11)12/h13-37H,1-12H3. The smallest absolute Gasteiger partial charge is 0.145 e. The van der Waals surface area contributed by atoms with Crippen molar-refractivity contribution in [2.75, 3.05) is 0 Å². The number of benzene rings is 7. The molecule has 10 rings (SSSR count). The van der Waals surface area contributed by atoms with Gasteiger partial charge in [0.25, 0.3) is 0 Å². The van der Waals surface area contributed by atoms with E-state index in [2.05, 4.69) is 248 Å². The van der Waals surface area contributed by atoms with Gasteiger partial charge in [-0.1, -0.05) is 162 Å². The summed E-state index contributed by atoms with van der Waals surface area (Å²) in [6.45, 7) is 27.8. The summed E-state index contributed by atoms with van der Waals surface area (Å²) in [5, 5.41) is 2.32. The molecule has 0 fully saturated rings. The summed E-state index contributed by atoms with van der Waals surface area (Å²) in [4.78, 5) is 11.0. The zero-order valence-electron chi connectivity index (χ0n) is 40.2. The molecule has 0 aliphatic heterocycles. The summed E-state index contributed by atoms with van der Waals surface area (Å²) in [6, 6.07) is 55.5. The maximum Gasteiger partial charge on any atom is 0.145 e. The second kappa shape index (κ2) is 14.9. The minimum absolute atomic E-state index is 0.111. The van der Waals surface area contributed by atoms with Crippen molar-refractivity contribution in [1.29, 1.82) is 0 Å². The monoisotopic (exact) mass is 851 g/mol. The topological polar surface area (TPSA) is 40.6 Å². The first-order valence-electron chi connectivity index (χ1n) is 23.2. The minimum Gasteiger partial charge on any atom is -0.309 e. The SMILES string of the molecule is CC(C)(C)c1cccc(C(C)(C)C)c1-n1c(-c2ccc3c(c2)c2cc(-c4nc5ccccc5n4-c4c(C(C)(C)C)cccc4C(C)(C)C)ccc2n3-c2ccccc2)nc2ccccc21. The molecule has 3 heterocycles. The van der Waals surface area contributed by atoms with E-state index in [-0.39, 0.29) is 21.7 Å². The van der Waals surface area contributed by atoms with E-state index in [9.17, 15) is 0 Å². The number of hydrogen-bond acceptors (Lipinski definition) is 2. The van der Waals surface area contributed by atoms with Crippen LogP contribution >= 0.6 is 0 Å². The molecule has 0 aliphatic rings. The number of rotatable bonds is 5. The fourth-order valence-corrected chi connectivity index (χ4v) is 10.0. The van der Waals surface area contributed by atoms with E-state index in [1.807, 2.05) is 0 Å². The molecule has 7 aromatic carbocycles. The van der Waals surface area contributed by atoms with E-state index in [1.54, 1.807) is 0 Å². The Balaban J connectivity index is 1.29. The van der Waals surface area contributed by atoms with Crippen LogP contribution in [0.15, 0.2) is 152 Å². The molecule has 0 radical (unpaired) electrons. The fraction of sp³-hybridized carbons (Fsp3) is 0.267. The number of nitrogens with zero attached hydrogens (tertiary/aromatic N) is 5. The summed E-state index contributed by atoms with van der Waals surface area (Å²) in [5.41, 5.74) is 16.9. The van der Waals surface area contributed by atoms with E-state index >= 15 is 0 Å². The number of fused-ring (bicyclic) bond motifs is 5. The van der Waals surface area contributed by atoms with Gasteiger partial charge in [-0.3, -0.25) is 9.13 Å². The van der Waals surface area contributed by atoms with Crippen molar-refractivity contribution in [3.05, 3.63) is 174 Å². The first kappa shape index (κ1) is 42.2. The van der Waals surface area contributed by atoms with Crippen molar-refractivity contribution >= 4 is 43.9 Å². The number of aromatic nitrogens is 5. The predicted octanol–water partition coefficient (Wildman–Crippen LogP) is 16.0. The van der Waals surface area contributed by atoms with Crippen LogP contribution in [0.25, 0.3) is 83.7 Å².